The van der Waals surface area contributed by atoms with Crippen LogP contribution < -0.4 is 10.2 Å². The second-order valence-corrected chi connectivity index (χ2v) is 8.52. The predicted molar refractivity (Wildman–Crippen MR) is 123 cm³/mol. The fourth-order valence-corrected chi connectivity index (χ4v) is 3.94. The smallest absolute Gasteiger partial charge is 0.359 e. The van der Waals surface area contributed by atoms with Crippen LogP contribution in [0.4, 0.5) is 5.69 Å². The molecule has 0 fully saturated rings. The first-order valence-corrected chi connectivity index (χ1v) is 11.2. The third-order valence-corrected chi connectivity index (χ3v) is 5.74. The number of aromatic nitrogens is 2. The van der Waals surface area contributed by atoms with Gasteiger partial charge in [0.2, 0.25) is 5.91 Å². The number of aryl methyl sites for hydroxylation is 1. The van der Waals surface area contributed by atoms with Gasteiger partial charge in [-0.05, 0) is 51.3 Å². The molecule has 0 spiro atoms. The largest absolute Gasteiger partial charge is 0.464 e. The van der Waals surface area contributed by atoms with E-state index in [1.807, 2.05) is 45.0 Å². The second-order valence-electron chi connectivity index (χ2n) is 8.52. The fraction of sp³-hybridized carbons (Fsp3) is 0.500. The number of methoxy groups -OCH3 is 1. The number of benzene rings is 1. The topological polar surface area (TPSA) is 103 Å². The minimum Gasteiger partial charge on any atom is -0.464 e. The van der Waals surface area contributed by atoms with E-state index in [1.54, 1.807) is 11.5 Å². The molecule has 1 unspecified atom stereocenters. The molecule has 2 amide bonds. The normalized spacial score (nSPS) is 17.8. The van der Waals surface area contributed by atoms with Gasteiger partial charge < -0.3 is 19.4 Å². The van der Waals surface area contributed by atoms with Crippen molar-refractivity contribution in [1.29, 1.82) is 0 Å². The molecular weight excluding hydrogens is 424 g/mol. The Morgan fingerprint density at radius 3 is 2.55 bits per heavy atom. The van der Waals surface area contributed by atoms with Gasteiger partial charge in [0.15, 0.2) is 5.69 Å². The van der Waals surface area contributed by atoms with Crippen molar-refractivity contribution in [2.75, 3.05) is 25.2 Å². The summed E-state index contributed by atoms with van der Waals surface area (Å²) >= 11 is 0. The maximum Gasteiger partial charge on any atom is 0.359 e. The van der Waals surface area contributed by atoms with Crippen LogP contribution in [-0.2, 0) is 27.2 Å². The summed E-state index contributed by atoms with van der Waals surface area (Å²) < 4.78 is 11.9. The van der Waals surface area contributed by atoms with Gasteiger partial charge in [0.1, 0.15) is 11.2 Å². The van der Waals surface area contributed by atoms with Gasteiger partial charge in [-0.2, -0.15) is 0 Å². The zero-order chi connectivity index (χ0) is 24.2. The lowest BCUT2D eigenvalue weighted by atomic mass is 9.93. The van der Waals surface area contributed by atoms with E-state index in [-0.39, 0.29) is 29.9 Å². The van der Waals surface area contributed by atoms with Crippen molar-refractivity contribution in [2.24, 2.45) is 0 Å². The van der Waals surface area contributed by atoms with Gasteiger partial charge in [0.25, 0.3) is 5.91 Å². The molecule has 0 aliphatic carbocycles. The van der Waals surface area contributed by atoms with Crippen molar-refractivity contribution in [2.45, 2.75) is 58.7 Å². The van der Waals surface area contributed by atoms with Gasteiger partial charge in [-0.25, -0.2) is 9.78 Å². The summed E-state index contributed by atoms with van der Waals surface area (Å²) in [5.74, 6) is -1.47. The minimum atomic E-state index is -1.23. The highest BCUT2D eigenvalue weighted by molar-refractivity contribution is 6.15. The summed E-state index contributed by atoms with van der Waals surface area (Å²) in [5, 5.41) is 2.94. The Bertz CT molecular complexity index is 1010. The van der Waals surface area contributed by atoms with Crippen LogP contribution in [-0.4, -0.2) is 59.2 Å². The Morgan fingerprint density at radius 2 is 1.94 bits per heavy atom. The first-order valence-electron chi connectivity index (χ1n) is 11.2. The van der Waals surface area contributed by atoms with E-state index in [2.05, 4.69) is 10.3 Å². The predicted octanol–water partition coefficient (Wildman–Crippen LogP) is 2.58. The molecule has 2 heterocycles. The summed E-state index contributed by atoms with van der Waals surface area (Å²) in [4.78, 5) is 44.9. The molecular formula is C24H32N4O5. The average Bonchev–Trinajstić information content (AvgIpc) is 3.22. The highest BCUT2D eigenvalue weighted by atomic mass is 16.5. The summed E-state index contributed by atoms with van der Waals surface area (Å²) in [6, 6.07) is 7.50. The van der Waals surface area contributed by atoms with Gasteiger partial charge in [-0.3, -0.25) is 14.5 Å². The van der Waals surface area contributed by atoms with E-state index in [9.17, 15) is 14.4 Å². The number of imidazole rings is 1. The average molecular weight is 457 g/mol. The molecule has 0 bridgehead atoms. The van der Waals surface area contributed by atoms with Gasteiger partial charge in [-0.15, -0.1) is 0 Å². The van der Waals surface area contributed by atoms with Gasteiger partial charge in [0.05, 0.1) is 26.1 Å². The van der Waals surface area contributed by atoms with Crippen molar-refractivity contribution >= 4 is 23.5 Å². The summed E-state index contributed by atoms with van der Waals surface area (Å²) in [7, 11) is 1.24. The van der Waals surface area contributed by atoms with E-state index < -0.39 is 17.4 Å². The van der Waals surface area contributed by atoms with Crippen LogP contribution >= 0.6 is 0 Å². The number of rotatable bonds is 9. The molecule has 1 aliphatic rings. The maximum absolute atomic E-state index is 13.7. The number of hydrogen-bond donors (Lipinski definition) is 1. The van der Waals surface area contributed by atoms with Crippen LogP contribution in [0.3, 0.4) is 0 Å². The van der Waals surface area contributed by atoms with Gasteiger partial charge in [-0.1, -0.05) is 19.1 Å². The minimum absolute atomic E-state index is 0.0639. The van der Waals surface area contributed by atoms with Crippen molar-refractivity contribution in [1.82, 2.24) is 14.9 Å². The Labute approximate surface area is 194 Å². The lowest BCUT2D eigenvalue weighted by Crippen LogP contribution is -2.64. The van der Waals surface area contributed by atoms with E-state index >= 15 is 0 Å². The third-order valence-electron chi connectivity index (χ3n) is 5.74. The van der Waals surface area contributed by atoms with Crippen LogP contribution in [0.1, 0.15) is 60.7 Å². The van der Waals surface area contributed by atoms with Crippen molar-refractivity contribution in [3.05, 3.63) is 47.5 Å². The van der Waals surface area contributed by atoms with Crippen LogP contribution in [0.15, 0.2) is 30.6 Å². The number of fused-ring (bicyclic) bond motifs is 1. The SMILES string of the molecule is CCc1ccc(N2C(=O)c3c(C(=O)OC)ncn3CC2(C)C(=O)NCCCOC(C)C)cc1. The van der Waals surface area contributed by atoms with Crippen molar-refractivity contribution in [3.63, 3.8) is 0 Å². The van der Waals surface area contributed by atoms with Gasteiger partial charge >= 0.3 is 5.97 Å². The van der Waals surface area contributed by atoms with Crippen LogP contribution in [0.2, 0.25) is 0 Å². The molecule has 9 nitrogen and oxygen atoms in total. The number of ether oxygens (including phenoxy) is 2. The molecule has 2 aromatic rings. The van der Waals surface area contributed by atoms with E-state index in [0.717, 1.165) is 12.0 Å². The Hall–Kier alpha value is -3.20. The summed E-state index contributed by atoms with van der Waals surface area (Å²) in [6.45, 7) is 8.77. The number of anilines is 1. The quantitative estimate of drug-likeness (QED) is 0.460. The fourth-order valence-electron chi connectivity index (χ4n) is 3.94. The molecule has 1 atom stereocenters. The lowest BCUT2D eigenvalue weighted by Gasteiger charge is -2.43. The van der Waals surface area contributed by atoms with Crippen LogP contribution in [0.25, 0.3) is 0 Å². The molecule has 33 heavy (non-hydrogen) atoms. The molecule has 1 N–H and O–H groups in total. The van der Waals surface area contributed by atoms with Crippen LogP contribution in [0.5, 0.6) is 0 Å². The molecule has 0 saturated carbocycles. The Balaban J connectivity index is 1.95. The first-order chi connectivity index (χ1) is 15.7. The third kappa shape index (κ3) is 4.93. The zero-order valence-electron chi connectivity index (χ0n) is 19.9. The number of nitrogens with zero attached hydrogens (tertiary/aromatic N) is 3. The van der Waals surface area contributed by atoms with E-state index in [0.29, 0.717) is 25.3 Å². The number of carbonyl (C=O) groups excluding carboxylic acids is 3. The molecule has 1 aliphatic heterocycles. The molecule has 178 valence electrons. The second kappa shape index (κ2) is 10.2. The Kier molecular flexibility index (Phi) is 7.53. The molecule has 1 aromatic heterocycles. The first kappa shape index (κ1) is 24.4. The highest BCUT2D eigenvalue weighted by Gasteiger charge is 2.49. The number of amides is 2. The van der Waals surface area contributed by atoms with E-state index in [4.69, 9.17) is 9.47 Å². The maximum atomic E-state index is 13.7. The highest BCUT2D eigenvalue weighted by Crippen LogP contribution is 2.34. The summed E-state index contributed by atoms with van der Waals surface area (Å²) in [5.41, 5.74) is 0.495. The van der Waals surface area contributed by atoms with Crippen molar-refractivity contribution < 1.29 is 23.9 Å². The van der Waals surface area contributed by atoms with E-state index in [1.165, 1.54) is 18.3 Å². The van der Waals surface area contributed by atoms with Crippen LogP contribution in [0, 0.1) is 0 Å². The zero-order valence-corrected chi connectivity index (χ0v) is 19.9. The van der Waals surface area contributed by atoms with Gasteiger partial charge in [0, 0.05) is 18.8 Å². The molecule has 3 rings (SSSR count). The lowest BCUT2D eigenvalue weighted by molar-refractivity contribution is -0.126. The van der Waals surface area contributed by atoms with Crippen molar-refractivity contribution in [3.8, 4) is 0 Å². The number of carbonyl (C=O) groups is 3. The number of hydrogen-bond acceptors (Lipinski definition) is 6. The number of nitrogens with one attached hydrogen (secondary N) is 1. The molecule has 9 heteroatoms. The molecule has 1 aromatic carbocycles. The molecule has 0 saturated heterocycles. The Morgan fingerprint density at radius 1 is 1.24 bits per heavy atom. The molecule has 0 radical (unpaired) electrons. The standard InChI is InChI=1S/C24H32N4O5/c1-6-17-8-10-18(11-9-17)28-21(29)20-19(22(30)32-5)26-15-27(20)14-24(28,4)23(31)25-12-7-13-33-16(2)3/h8-11,15-16H,6-7,12-14H2,1-5H3,(H,25,31). The monoisotopic (exact) mass is 456 g/mol. The summed E-state index contributed by atoms with van der Waals surface area (Å²) in [6.07, 6.45) is 3.03. The number of esters is 1.